The van der Waals surface area contributed by atoms with Crippen LogP contribution in [0.15, 0.2) is 22.7 Å². The third-order valence-electron chi connectivity index (χ3n) is 5.52. The lowest BCUT2D eigenvalue weighted by atomic mass is 10.0. The van der Waals surface area contributed by atoms with Gasteiger partial charge in [0.15, 0.2) is 0 Å². The summed E-state index contributed by atoms with van der Waals surface area (Å²) in [6.45, 7) is 13.6. The van der Waals surface area contributed by atoms with Crippen molar-refractivity contribution >= 4 is 29.3 Å². The van der Waals surface area contributed by atoms with Crippen molar-refractivity contribution in [3.8, 4) is 0 Å². The van der Waals surface area contributed by atoms with E-state index in [1.807, 2.05) is 0 Å². The first-order valence-electron chi connectivity index (χ1n) is 11.8. The van der Waals surface area contributed by atoms with Gasteiger partial charge in [-0.15, -0.1) is 0 Å². The van der Waals surface area contributed by atoms with Crippen LogP contribution in [0.2, 0.25) is 0 Å². The minimum Gasteiger partial charge on any atom is -0.466 e. The smallest absolute Gasteiger partial charge is 0.326 e. The Morgan fingerprint density at radius 2 is 1.85 bits per heavy atom. The molecule has 1 heterocycles. The van der Waals surface area contributed by atoms with Crippen LogP contribution in [0.5, 0.6) is 0 Å². The second-order valence-corrected chi connectivity index (χ2v) is 9.70. The quantitative estimate of drug-likeness (QED) is 0.438. The monoisotopic (exact) mass is 474 g/mol. The fourth-order valence-corrected chi connectivity index (χ4v) is 4.11. The standard InChI is InChI=1S/C25H35FN4O4/c1-7-33-24(31)19-9-17(19)18-10-21(27-25(32)28-23-8-16(6)29-34-23)22(11-20(18)26)30(12-14(2)3)13-15(4)5/h8,10-11,14-15,17,19H,7,9,12-13H2,1-6H3,(H2,27,28,32). The molecular formula is C25H35FN4O4. The van der Waals surface area contributed by atoms with Gasteiger partial charge in [-0.25, -0.2) is 9.18 Å². The van der Waals surface area contributed by atoms with Gasteiger partial charge < -0.3 is 19.5 Å². The van der Waals surface area contributed by atoms with Crippen molar-refractivity contribution in [1.82, 2.24) is 5.16 Å². The van der Waals surface area contributed by atoms with E-state index in [1.165, 1.54) is 6.07 Å². The molecule has 1 aliphatic carbocycles. The van der Waals surface area contributed by atoms with Crippen LogP contribution in [0.3, 0.4) is 0 Å². The van der Waals surface area contributed by atoms with E-state index in [1.54, 1.807) is 26.0 Å². The molecule has 0 saturated heterocycles. The van der Waals surface area contributed by atoms with Crippen LogP contribution >= 0.6 is 0 Å². The Bertz CT molecular complexity index is 1010. The zero-order valence-corrected chi connectivity index (χ0v) is 20.8. The molecule has 1 aliphatic rings. The lowest BCUT2D eigenvalue weighted by Gasteiger charge is -2.31. The number of carbonyl (C=O) groups is 2. The maximum absolute atomic E-state index is 15.3. The molecule has 0 aliphatic heterocycles. The number of halogens is 1. The molecule has 2 aromatic rings. The Morgan fingerprint density at radius 3 is 2.41 bits per heavy atom. The summed E-state index contributed by atoms with van der Waals surface area (Å²) < 4.78 is 25.5. The first kappa shape index (κ1) is 25.5. The molecule has 8 nitrogen and oxygen atoms in total. The second-order valence-electron chi connectivity index (χ2n) is 9.70. The highest BCUT2D eigenvalue weighted by molar-refractivity contribution is 6.01. The number of rotatable bonds is 10. The van der Waals surface area contributed by atoms with E-state index in [-0.39, 0.29) is 36.1 Å². The van der Waals surface area contributed by atoms with Crippen molar-refractivity contribution in [2.24, 2.45) is 17.8 Å². The molecule has 0 radical (unpaired) electrons. The first-order chi connectivity index (χ1) is 16.1. The molecule has 1 aromatic heterocycles. The Hall–Kier alpha value is -3.10. The average molecular weight is 475 g/mol. The molecule has 2 N–H and O–H groups in total. The number of nitrogens with one attached hydrogen (secondary N) is 2. The molecule has 2 atom stereocenters. The van der Waals surface area contributed by atoms with Gasteiger partial charge in [0.25, 0.3) is 0 Å². The number of amides is 2. The molecular weight excluding hydrogens is 439 g/mol. The van der Waals surface area contributed by atoms with Crippen molar-refractivity contribution in [1.29, 1.82) is 0 Å². The van der Waals surface area contributed by atoms with Gasteiger partial charge in [0, 0.05) is 25.1 Å². The topological polar surface area (TPSA) is 96.7 Å². The lowest BCUT2D eigenvalue weighted by Crippen LogP contribution is -2.33. The number of aromatic nitrogens is 1. The largest absolute Gasteiger partial charge is 0.466 e. The zero-order valence-electron chi connectivity index (χ0n) is 20.8. The number of hydrogen-bond donors (Lipinski definition) is 2. The number of urea groups is 1. The summed E-state index contributed by atoms with van der Waals surface area (Å²) in [5, 5.41) is 9.23. The number of nitrogens with zero attached hydrogens (tertiary/aromatic N) is 2. The maximum atomic E-state index is 15.3. The second kappa shape index (κ2) is 10.9. The summed E-state index contributed by atoms with van der Waals surface area (Å²) in [5.41, 5.74) is 2.11. The number of ether oxygens (including phenoxy) is 1. The Kier molecular flexibility index (Phi) is 8.17. The van der Waals surface area contributed by atoms with E-state index < -0.39 is 6.03 Å². The number of hydrogen-bond acceptors (Lipinski definition) is 6. The maximum Gasteiger partial charge on any atom is 0.326 e. The molecule has 186 valence electrons. The molecule has 0 bridgehead atoms. The molecule has 2 unspecified atom stereocenters. The van der Waals surface area contributed by atoms with Crippen LogP contribution in [0.4, 0.5) is 26.4 Å². The fourth-order valence-electron chi connectivity index (χ4n) is 4.11. The van der Waals surface area contributed by atoms with E-state index in [2.05, 4.69) is 48.4 Å². The van der Waals surface area contributed by atoms with Crippen LogP contribution in [-0.4, -0.2) is 36.9 Å². The molecule has 3 rings (SSSR count). The minimum atomic E-state index is -0.526. The summed E-state index contributed by atoms with van der Waals surface area (Å²) >= 11 is 0. The average Bonchev–Trinajstić information content (AvgIpc) is 3.43. The van der Waals surface area contributed by atoms with Crippen molar-refractivity contribution in [2.75, 3.05) is 35.2 Å². The van der Waals surface area contributed by atoms with E-state index >= 15 is 4.39 Å². The van der Waals surface area contributed by atoms with Crippen LogP contribution in [0.1, 0.15) is 58.2 Å². The first-order valence-corrected chi connectivity index (χ1v) is 11.8. The predicted molar refractivity (Wildman–Crippen MR) is 130 cm³/mol. The summed E-state index contributed by atoms with van der Waals surface area (Å²) in [4.78, 5) is 27.0. The van der Waals surface area contributed by atoms with Gasteiger partial charge in [-0.1, -0.05) is 32.9 Å². The van der Waals surface area contributed by atoms with Gasteiger partial charge in [-0.3, -0.25) is 10.1 Å². The summed E-state index contributed by atoms with van der Waals surface area (Å²) in [6, 6.07) is 4.19. The van der Waals surface area contributed by atoms with Crippen molar-refractivity contribution in [2.45, 2.75) is 53.9 Å². The number of esters is 1. The van der Waals surface area contributed by atoms with Gasteiger partial charge in [0.05, 0.1) is 29.6 Å². The number of carbonyl (C=O) groups excluding carboxylic acids is 2. The zero-order chi connectivity index (χ0) is 25.0. The van der Waals surface area contributed by atoms with Gasteiger partial charge in [0.2, 0.25) is 5.88 Å². The van der Waals surface area contributed by atoms with Gasteiger partial charge in [-0.05, 0) is 49.8 Å². The molecule has 1 saturated carbocycles. The third-order valence-corrected chi connectivity index (χ3v) is 5.52. The molecule has 1 aromatic carbocycles. The summed E-state index contributed by atoms with van der Waals surface area (Å²) in [5.74, 6) is -0.455. The van der Waals surface area contributed by atoms with Gasteiger partial charge >= 0.3 is 12.0 Å². The van der Waals surface area contributed by atoms with E-state index in [0.717, 1.165) is 0 Å². The predicted octanol–water partition coefficient (Wildman–Crippen LogP) is 5.55. The highest BCUT2D eigenvalue weighted by atomic mass is 19.1. The van der Waals surface area contributed by atoms with E-state index in [4.69, 9.17) is 9.26 Å². The molecule has 2 amide bonds. The minimum absolute atomic E-state index is 0.213. The Balaban J connectivity index is 1.93. The molecule has 9 heteroatoms. The number of aryl methyl sites for hydroxylation is 1. The highest BCUT2D eigenvalue weighted by Crippen LogP contribution is 2.50. The van der Waals surface area contributed by atoms with Crippen molar-refractivity contribution < 1.29 is 23.2 Å². The fraction of sp³-hybridized carbons (Fsp3) is 0.560. The SMILES string of the molecule is CCOC(=O)C1CC1c1cc(NC(=O)Nc2cc(C)no2)c(N(CC(C)C)CC(C)C)cc1F. The van der Waals surface area contributed by atoms with Crippen LogP contribution in [0.25, 0.3) is 0 Å². The number of anilines is 3. The lowest BCUT2D eigenvalue weighted by molar-refractivity contribution is -0.144. The van der Waals surface area contributed by atoms with Crippen LogP contribution in [0, 0.1) is 30.5 Å². The summed E-state index contributed by atoms with van der Waals surface area (Å²) in [6.07, 6.45) is 0.528. The van der Waals surface area contributed by atoms with Crippen LogP contribution < -0.4 is 15.5 Å². The Morgan fingerprint density at radius 1 is 1.18 bits per heavy atom. The van der Waals surface area contributed by atoms with E-state index in [9.17, 15) is 9.59 Å². The number of benzene rings is 1. The third kappa shape index (κ3) is 6.48. The molecule has 1 fully saturated rings. The van der Waals surface area contributed by atoms with Crippen LogP contribution in [-0.2, 0) is 9.53 Å². The van der Waals surface area contributed by atoms with Gasteiger partial charge in [0.1, 0.15) is 5.82 Å². The van der Waals surface area contributed by atoms with E-state index in [0.29, 0.717) is 54.0 Å². The summed E-state index contributed by atoms with van der Waals surface area (Å²) in [7, 11) is 0. The van der Waals surface area contributed by atoms with Crippen molar-refractivity contribution in [3.05, 3.63) is 35.3 Å². The Labute approximate surface area is 200 Å². The normalized spacial score (nSPS) is 17.1. The molecule has 34 heavy (non-hydrogen) atoms. The molecule has 0 spiro atoms. The van der Waals surface area contributed by atoms with Gasteiger partial charge in [-0.2, -0.15) is 0 Å². The van der Waals surface area contributed by atoms with Crippen molar-refractivity contribution in [3.63, 3.8) is 0 Å². The highest BCUT2D eigenvalue weighted by Gasteiger charge is 2.46.